The maximum absolute atomic E-state index is 10.8. The maximum Gasteiger partial charge on any atom is 0.289 e. The largest absolute Gasteiger partial charge is 0.383 e. The number of anilines is 1. The molecule has 0 radical (unpaired) electrons. The molecule has 1 N–H and O–H groups in total. The predicted octanol–water partition coefficient (Wildman–Crippen LogP) is 1.83. The van der Waals surface area contributed by atoms with E-state index in [9.17, 15) is 10.1 Å². The second-order valence-electron chi connectivity index (χ2n) is 4.29. The number of nitro groups is 1. The van der Waals surface area contributed by atoms with Gasteiger partial charge in [-0.2, -0.15) is 5.26 Å². The van der Waals surface area contributed by atoms with Crippen LogP contribution in [0.25, 0.3) is 0 Å². The van der Waals surface area contributed by atoms with E-state index >= 15 is 0 Å². The van der Waals surface area contributed by atoms with Gasteiger partial charge in [0.1, 0.15) is 11.6 Å². The second-order valence-corrected chi connectivity index (χ2v) is 4.29. The number of nitrogens with one attached hydrogen (secondary N) is 1. The minimum atomic E-state index is -0.543. The van der Waals surface area contributed by atoms with Crippen LogP contribution in [0.5, 0.6) is 0 Å². The molecule has 0 heterocycles. The van der Waals surface area contributed by atoms with E-state index < -0.39 is 4.92 Å². The highest BCUT2D eigenvalue weighted by atomic mass is 16.6. The number of benzene rings is 1. The lowest BCUT2D eigenvalue weighted by atomic mass is 10.1. The van der Waals surface area contributed by atoms with Crippen molar-refractivity contribution < 1.29 is 4.92 Å². The first-order chi connectivity index (χ1) is 8.45. The van der Waals surface area contributed by atoms with Crippen molar-refractivity contribution in [1.82, 2.24) is 4.90 Å². The molecular weight excluding hydrogens is 232 g/mol. The van der Waals surface area contributed by atoms with E-state index in [-0.39, 0.29) is 11.3 Å². The van der Waals surface area contributed by atoms with Crippen molar-refractivity contribution in [3.05, 3.63) is 33.9 Å². The van der Waals surface area contributed by atoms with E-state index in [2.05, 4.69) is 5.32 Å². The Bertz CT molecular complexity index is 479. The van der Waals surface area contributed by atoms with Crippen LogP contribution >= 0.6 is 0 Å². The second kappa shape index (κ2) is 5.98. The van der Waals surface area contributed by atoms with E-state index in [0.29, 0.717) is 18.3 Å². The summed E-state index contributed by atoms with van der Waals surface area (Å²) in [6.07, 6.45) is 0. The Kier molecular flexibility index (Phi) is 4.63. The van der Waals surface area contributed by atoms with E-state index in [0.717, 1.165) is 0 Å². The van der Waals surface area contributed by atoms with Crippen molar-refractivity contribution >= 4 is 11.4 Å². The minimum Gasteiger partial charge on any atom is -0.383 e. The fourth-order valence-electron chi connectivity index (χ4n) is 1.34. The van der Waals surface area contributed by atoms with Crippen LogP contribution in [0.3, 0.4) is 0 Å². The fraction of sp³-hybridized carbons (Fsp3) is 0.417. The van der Waals surface area contributed by atoms with Crippen LogP contribution in [-0.2, 0) is 0 Å². The number of nitrogens with zero attached hydrogens (tertiary/aromatic N) is 3. The first-order valence-electron chi connectivity index (χ1n) is 5.54. The molecular formula is C12H16N4O2. The van der Waals surface area contributed by atoms with Gasteiger partial charge >= 0.3 is 0 Å². The molecule has 0 aliphatic carbocycles. The molecule has 18 heavy (non-hydrogen) atoms. The molecule has 1 aromatic rings. The number of likely N-dealkylation sites (N-methyl/N-ethyl adjacent to an activating group) is 1. The van der Waals surface area contributed by atoms with Gasteiger partial charge in [-0.3, -0.25) is 10.1 Å². The van der Waals surface area contributed by atoms with Gasteiger partial charge in [-0.05, 0) is 33.2 Å². The van der Waals surface area contributed by atoms with Crippen LogP contribution in [0, 0.1) is 21.4 Å². The van der Waals surface area contributed by atoms with Crippen molar-refractivity contribution in [2.75, 3.05) is 26.0 Å². The number of hydrogen-bond donors (Lipinski definition) is 1. The van der Waals surface area contributed by atoms with Gasteiger partial charge in [0, 0.05) is 24.3 Å². The molecule has 0 saturated heterocycles. The Balaban J connectivity index is 2.83. The summed E-state index contributed by atoms with van der Waals surface area (Å²) in [5, 5.41) is 22.7. The molecule has 0 spiro atoms. The Morgan fingerprint density at radius 3 is 2.72 bits per heavy atom. The fourth-order valence-corrected chi connectivity index (χ4v) is 1.34. The highest BCUT2D eigenvalue weighted by Gasteiger charge is 2.14. The molecule has 0 aromatic heterocycles. The SMILES string of the molecule is CC(CNc1ccc(C#N)c([N+](=O)[O-])c1)N(C)C. The zero-order chi connectivity index (χ0) is 13.7. The van der Waals surface area contributed by atoms with Gasteiger partial charge in [-0.15, -0.1) is 0 Å². The third-order valence-corrected chi connectivity index (χ3v) is 2.80. The van der Waals surface area contributed by atoms with Crippen LogP contribution in [0.1, 0.15) is 12.5 Å². The van der Waals surface area contributed by atoms with E-state index in [1.54, 1.807) is 6.07 Å². The summed E-state index contributed by atoms with van der Waals surface area (Å²) in [7, 11) is 3.93. The van der Waals surface area contributed by atoms with Crippen molar-refractivity contribution in [2.24, 2.45) is 0 Å². The predicted molar refractivity (Wildman–Crippen MR) is 69.5 cm³/mol. The topological polar surface area (TPSA) is 82.2 Å². The van der Waals surface area contributed by atoms with Gasteiger partial charge in [0.15, 0.2) is 0 Å². The molecule has 0 saturated carbocycles. The Morgan fingerprint density at radius 1 is 1.56 bits per heavy atom. The third-order valence-electron chi connectivity index (χ3n) is 2.80. The molecule has 1 rings (SSSR count). The summed E-state index contributed by atoms with van der Waals surface area (Å²) < 4.78 is 0. The molecule has 0 aliphatic heterocycles. The Morgan fingerprint density at radius 2 is 2.22 bits per heavy atom. The Labute approximate surface area is 106 Å². The quantitative estimate of drug-likeness (QED) is 0.635. The van der Waals surface area contributed by atoms with Gasteiger partial charge in [0.05, 0.1) is 4.92 Å². The lowest BCUT2D eigenvalue weighted by Gasteiger charge is -2.20. The lowest BCUT2D eigenvalue weighted by Crippen LogP contribution is -2.31. The van der Waals surface area contributed by atoms with Crippen LogP contribution in [-0.4, -0.2) is 36.5 Å². The summed E-state index contributed by atoms with van der Waals surface area (Å²) >= 11 is 0. The smallest absolute Gasteiger partial charge is 0.289 e. The van der Waals surface area contributed by atoms with E-state index in [1.807, 2.05) is 32.0 Å². The zero-order valence-corrected chi connectivity index (χ0v) is 10.7. The molecule has 0 amide bonds. The maximum atomic E-state index is 10.8. The molecule has 0 aliphatic rings. The van der Waals surface area contributed by atoms with Crippen molar-refractivity contribution in [3.63, 3.8) is 0 Å². The average Bonchev–Trinajstić information content (AvgIpc) is 2.35. The van der Waals surface area contributed by atoms with E-state index in [1.165, 1.54) is 12.1 Å². The van der Waals surface area contributed by atoms with Crippen LogP contribution in [0.4, 0.5) is 11.4 Å². The summed E-state index contributed by atoms with van der Waals surface area (Å²) in [5.41, 5.74) is 0.556. The molecule has 6 heteroatoms. The monoisotopic (exact) mass is 248 g/mol. The highest BCUT2D eigenvalue weighted by molar-refractivity contribution is 5.59. The normalized spacial score (nSPS) is 11.9. The Hall–Kier alpha value is -2.13. The van der Waals surface area contributed by atoms with Gasteiger partial charge < -0.3 is 10.2 Å². The standard InChI is InChI=1S/C12H16N4O2/c1-9(15(2)3)8-14-11-5-4-10(7-13)12(6-11)16(17)18/h4-6,9,14H,8H2,1-3H3. The molecule has 6 nitrogen and oxygen atoms in total. The zero-order valence-electron chi connectivity index (χ0n) is 10.7. The van der Waals surface area contributed by atoms with Gasteiger partial charge in [-0.25, -0.2) is 0 Å². The summed E-state index contributed by atoms with van der Waals surface area (Å²) in [5.74, 6) is 0. The molecule has 0 bridgehead atoms. The highest BCUT2D eigenvalue weighted by Crippen LogP contribution is 2.22. The molecule has 96 valence electrons. The van der Waals surface area contributed by atoms with Crippen LogP contribution in [0.2, 0.25) is 0 Å². The first-order valence-corrected chi connectivity index (χ1v) is 5.54. The van der Waals surface area contributed by atoms with Crippen molar-refractivity contribution in [1.29, 1.82) is 5.26 Å². The minimum absolute atomic E-state index is 0.0752. The average molecular weight is 248 g/mol. The first kappa shape index (κ1) is 13.9. The summed E-state index contributed by atoms with van der Waals surface area (Å²) in [6.45, 7) is 2.72. The number of rotatable bonds is 5. The summed E-state index contributed by atoms with van der Waals surface area (Å²) in [6, 6.07) is 6.64. The number of hydrogen-bond acceptors (Lipinski definition) is 5. The molecule has 1 unspecified atom stereocenters. The third kappa shape index (κ3) is 3.43. The number of nitro benzene ring substituents is 1. The van der Waals surface area contributed by atoms with Crippen LogP contribution < -0.4 is 5.32 Å². The lowest BCUT2D eigenvalue weighted by molar-refractivity contribution is -0.385. The molecule has 0 fully saturated rings. The van der Waals surface area contributed by atoms with Crippen molar-refractivity contribution in [3.8, 4) is 6.07 Å². The summed E-state index contributed by atoms with van der Waals surface area (Å²) in [4.78, 5) is 12.3. The van der Waals surface area contributed by atoms with Crippen LogP contribution in [0.15, 0.2) is 18.2 Å². The van der Waals surface area contributed by atoms with Gasteiger partial charge in [-0.1, -0.05) is 0 Å². The van der Waals surface area contributed by atoms with Gasteiger partial charge in [0.2, 0.25) is 0 Å². The van der Waals surface area contributed by atoms with E-state index in [4.69, 9.17) is 5.26 Å². The number of nitriles is 1. The molecule has 1 atom stereocenters. The van der Waals surface area contributed by atoms with Crippen molar-refractivity contribution in [2.45, 2.75) is 13.0 Å². The van der Waals surface area contributed by atoms with Gasteiger partial charge in [0.25, 0.3) is 5.69 Å². The molecule has 1 aromatic carbocycles.